The number of hydroxylamine groups is 1. The third-order valence-corrected chi connectivity index (χ3v) is 3.89. The maximum absolute atomic E-state index is 12.3. The van der Waals surface area contributed by atoms with Gasteiger partial charge in [-0.25, -0.2) is 4.79 Å². The van der Waals surface area contributed by atoms with E-state index in [1.54, 1.807) is 19.1 Å². The van der Waals surface area contributed by atoms with Gasteiger partial charge in [-0.05, 0) is 30.7 Å². The van der Waals surface area contributed by atoms with Gasteiger partial charge >= 0.3 is 5.97 Å². The average Bonchev–Trinajstić information content (AvgIpc) is 2.51. The summed E-state index contributed by atoms with van der Waals surface area (Å²) in [6, 6.07) is 4.65. The zero-order chi connectivity index (χ0) is 16.0. The van der Waals surface area contributed by atoms with Gasteiger partial charge in [0.25, 0.3) is 5.91 Å². The molecular formula is C14H12ClN3O4. The van der Waals surface area contributed by atoms with Crippen LogP contribution in [0.25, 0.3) is 0 Å². The summed E-state index contributed by atoms with van der Waals surface area (Å²) < 4.78 is 4.80. The zero-order valence-corrected chi connectivity index (χ0v) is 12.5. The number of rotatable bonds is 1. The number of hydrazone groups is 1. The third kappa shape index (κ3) is 1.98. The topological polar surface area (TPSA) is 91.2 Å². The number of esters is 1. The molecule has 0 aliphatic carbocycles. The van der Waals surface area contributed by atoms with E-state index in [1.807, 2.05) is 0 Å². The lowest BCUT2D eigenvalue weighted by atomic mass is 9.81. The summed E-state index contributed by atoms with van der Waals surface area (Å²) in [5.74, 6) is -2.02. The number of carbonyl (C=O) groups excluding carboxylic acids is 2. The molecule has 3 rings (SSSR count). The Morgan fingerprint density at radius 2 is 2.23 bits per heavy atom. The number of carbonyl (C=O) groups is 2. The Balaban J connectivity index is 2.27. The summed E-state index contributed by atoms with van der Waals surface area (Å²) in [5.41, 5.74) is 4.13. The van der Waals surface area contributed by atoms with E-state index in [2.05, 4.69) is 10.5 Å². The highest BCUT2D eigenvalue weighted by molar-refractivity contribution is 6.48. The molecule has 1 unspecified atom stereocenters. The quantitative estimate of drug-likeness (QED) is 0.605. The fourth-order valence-electron chi connectivity index (χ4n) is 2.64. The number of anilines is 1. The van der Waals surface area contributed by atoms with Crippen LogP contribution in [0.15, 0.2) is 34.6 Å². The summed E-state index contributed by atoms with van der Waals surface area (Å²) >= 11 is 6.02. The van der Waals surface area contributed by atoms with E-state index >= 15 is 0 Å². The second kappa shape index (κ2) is 5.11. The second-order valence-corrected chi connectivity index (χ2v) is 5.33. The Morgan fingerprint density at radius 3 is 2.91 bits per heavy atom. The Labute approximate surface area is 130 Å². The summed E-state index contributed by atoms with van der Waals surface area (Å²) in [5, 5.41) is 14.9. The molecule has 2 aliphatic rings. The molecule has 0 fully saturated rings. The van der Waals surface area contributed by atoms with Crippen molar-refractivity contribution in [2.24, 2.45) is 5.10 Å². The van der Waals surface area contributed by atoms with Crippen LogP contribution in [0.5, 0.6) is 0 Å². The minimum absolute atomic E-state index is 0.00302. The molecule has 1 amide bonds. The molecular weight excluding hydrogens is 310 g/mol. The van der Waals surface area contributed by atoms with Crippen molar-refractivity contribution < 1.29 is 19.5 Å². The molecule has 1 aromatic carbocycles. The van der Waals surface area contributed by atoms with Crippen LogP contribution in [0, 0.1) is 0 Å². The molecule has 0 saturated heterocycles. The van der Waals surface area contributed by atoms with Gasteiger partial charge in [-0.3, -0.25) is 15.4 Å². The van der Waals surface area contributed by atoms with Crippen LogP contribution in [0.4, 0.5) is 5.69 Å². The number of benzene rings is 1. The first kappa shape index (κ1) is 14.6. The van der Waals surface area contributed by atoms with Crippen molar-refractivity contribution >= 4 is 34.9 Å². The van der Waals surface area contributed by atoms with Crippen LogP contribution >= 0.6 is 11.6 Å². The van der Waals surface area contributed by atoms with Crippen LogP contribution in [0.2, 0.25) is 5.02 Å². The third-order valence-electron chi connectivity index (χ3n) is 3.66. The molecule has 2 heterocycles. The largest absolute Gasteiger partial charge is 0.466 e. The highest BCUT2D eigenvalue weighted by atomic mass is 35.5. The fourth-order valence-corrected chi connectivity index (χ4v) is 2.82. The fraction of sp³-hybridized carbons (Fsp3) is 0.214. The van der Waals surface area contributed by atoms with E-state index in [1.165, 1.54) is 13.2 Å². The van der Waals surface area contributed by atoms with Crippen molar-refractivity contribution in [2.45, 2.75) is 12.8 Å². The normalized spacial score (nSPS) is 20.0. The van der Waals surface area contributed by atoms with E-state index in [4.69, 9.17) is 16.3 Å². The summed E-state index contributed by atoms with van der Waals surface area (Å²) in [6.07, 6.45) is 0. The van der Waals surface area contributed by atoms with E-state index in [9.17, 15) is 14.8 Å². The van der Waals surface area contributed by atoms with Gasteiger partial charge in [-0.2, -0.15) is 10.2 Å². The van der Waals surface area contributed by atoms with Crippen LogP contribution < -0.4 is 10.5 Å². The molecule has 7 nitrogen and oxygen atoms in total. The standard InChI is InChI=1S/C14H12ClN3O4/c1-6-10(14(20)22-2)11-8-5-7(15)3-4-9(8)18(21)13(19)12(11)17-16-6/h3-5,11,16,21H,1-2H3. The molecule has 2 N–H and O–H groups in total. The minimum Gasteiger partial charge on any atom is -0.466 e. The first-order valence-electron chi connectivity index (χ1n) is 6.41. The highest BCUT2D eigenvalue weighted by Gasteiger charge is 2.44. The van der Waals surface area contributed by atoms with E-state index in [0.29, 0.717) is 21.3 Å². The van der Waals surface area contributed by atoms with Crippen LogP contribution in [0.1, 0.15) is 18.4 Å². The van der Waals surface area contributed by atoms with Gasteiger partial charge in [0.2, 0.25) is 0 Å². The van der Waals surface area contributed by atoms with Crippen molar-refractivity contribution in [1.29, 1.82) is 0 Å². The molecule has 22 heavy (non-hydrogen) atoms. The lowest BCUT2D eigenvalue weighted by Crippen LogP contribution is -2.46. The molecule has 0 radical (unpaired) electrons. The zero-order valence-electron chi connectivity index (χ0n) is 11.8. The Hall–Kier alpha value is -2.38. The molecule has 0 bridgehead atoms. The van der Waals surface area contributed by atoms with Crippen molar-refractivity contribution in [3.63, 3.8) is 0 Å². The van der Waals surface area contributed by atoms with Gasteiger partial charge in [0.15, 0.2) is 0 Å². The number of ether oxygens (including phenoxy) is 1. The van der Waals surface area contributed by atoms with E-state index in [0.717, 1.165) is 0 Å². The maximum Gasteiger partial charge on any atom is 0.336 e. The number of hydrogen-bond acceptors (Lipinski definition) is 6. The predicted octanol–water partition coefficient (Wildman–Crippen LogP) is 1.57. The number of fused-ring (bicyclic) bond motifs is 3. The van der Waals surface area contributed by atoms with Gasteiger partial charge < -0.3 is 4.74 Å². The maximum atomic E-state index is 12.3. The molecule has 1 atom stereocenters. The average molecular weight is 322 g/mol. The number of allylic oxidation sites excluding steroid dienone is 1. The summed E-state index contributed by atoms with van der Waals surface area (Å²) in [6.45, 7) is 1.66. The lowest BCUT2D eigenvalue weighted by molar-refractivity contribution is -0.136. The van der Waals surface area contributed by atoms with Crippen LogP contribution in [0.3, 0.4) is 0 Å². The number of methoxy groups -OCH3 is 1. The van der Waals surface area contributed by atoms with Gasteiger partial charge in [-0.15, -0.1) is 0 Å². The molecule has 114 valence electrons. The predicted molar refractivity (Wildman–Crippen MR) is 78.8 cm³/mol. The van der Waals surface area contributed by atoms with Crippen molar-refractivity contribution in [1.82, 2.24) is 5.43 Å². The van der Waals surface area contributed by atoms with E-state index < -0.39 is 17.8 Å². The number of nitrogens with one attached hydrogen (secondary N) is 1. The van der Waals surface area contributed by atoms with Crippen molar-refractivity contribution in [3.05, 3.63) is 40.1 Å². The van der Waals surface area contributed by atoms with E-state index in [-0.39, 0.29) is 17.0 Å². The first-order chi connectivity index (χ1) is 10.5. The van der Waals surface area contributed by atoms with Gasteiger partial charge in [0.05, 0.1) is 24.3 Å². The minimum atomic E-state index is -0.738. The molecule has 8 heteroatoms. The second-order valence-electron chi connectivity index (χ2n) is 4.89. The summed E-state index contributed by atoms with van der Waals surface area (Å²) in [4.78, 5) is 24.4. The van der Waals surface area contributed by atoms with Gasteiger partial charge in [0, 0.05) is 10.7 Å². The summed E-state index contributed by atoms with van der Waals surface area (Å²) in [7, 11) is 1.26. The molecule has 0 saturated carbocycles. The molecule has 0 spiro atoms. The molecule has 1 aromatic rings. The number of amides is 1. The first-order valence-corrected chi connectivity index (χ1v) is 6.79. The van der Waals surface area contributed by atoms with Crippen molar-refractivity contribution in [2.75, 3.05) is 12.2 Å². The Morgan fingerprint density at radius 1 is 1.50 bits per heavy atom. The smallest absolute Gasteiger partial charge is 0.336 e. The Kier molecular flexibility index (Phi) is 3.38. The SMILES string of the molecule is COC(=O)C1=C(C)NN=C2C(=O)N(O)c3ccc(Cl)cc3C21. The number of hydrogen-bond donors (Lipinski definition) is 2. The van der Waals surface area contributed by atoms with Gasteiger partial charge in [0.1, 0.15) is 5.71 Å². The Bertz CT molecular complexity index is 756. The van der Waals surface area contributed by atoms with Crippen LogP contribution in [-0.4, -0.2) is 29.9 Å². The lowest BCUT2D eigenvalue weighted by Gasteiger charge is -2.34. The molecule has 0 aromatic heterocycles. The molecule has 2 aliphatic heterocycles. The highest BCUT2D eigenvalue weighted by Crippen LogP contribution is 2.41. The van der Waals surface area contributed by atoms with Crippen LogP contribution in [-0.2, 0) is 14.3 Å². The van der Waals surface area contributed by atoms with Gasteiger partial charge in [-0.1, -0.05) is 11.6 Å². The van der Waals surface area contributed by atoms with Crippen molar-refractivity contribution in [3.8, 4) is 0 Å². The monoisotopic (exact) mass is 321 g/mol. The number of halogens is 1. The number of nitrogens with zero attached hydrogens (tertiary/aromatic N) is 2.